The van der Waals surface area contributed by atoms with Gasteiger partial charge in [0.05, 0.1) is 4.47 Å². The molecule has 0 saturated heterocycles. The highest BCUT2D eigenvalue weighted by Gasteiger charge is 2.23. The lowest BCUT2D eigenvalue weighted by molar-refractivity contribution is -0.139. The van der Waals surface area contributed by atoms with Gasteiger partial charge in [-0.2, -0.15) is 0 Å². The van der Waals surface area contributed by atoms with Crippen LogP contribution in [0, 0.1) is 0 Å². The molecule has 0 fully saturated rings. The van der Waals surface area contributed by atoms with Gasteiger partial charge in [-0.15, -0.1) is 0 Å². The SMILES string of the molecule is O=C(CCCCc1ccc2c(n1)CCNC2)NCCC(NC(=O)c1[nH]c2ccccc2c1Br)C(=O)O. The van der Waals surface area contributed by atoms with E-state index in [4.69, 9.17) is 4.98 Å². The predicted octanol–water partition coefficient (Wildman–Crippen LogP) is 3.07. The minimum Gasteiger partial charge on any atom is -0.480 e. The fraction of sp³-hybridized carbons (Fsp3) is 0.385. The van der Waals surface area contributed by atoms with Gasteiger partial charge in [0, 0.05) is 54.8 Å². The molecular weight excluding hydrogens is 526 g/mol. The number of amides is 2. The molecule has 1 atom stereocenters. The van der Waals surface area contributed by atoms with Gasteiger partial charge in [0.25, 0.3) is 5.91 Å². The van der Waals surface area contributed by atoms with E-state index < -0.39 is 17.9 Å². The van der Waals surface area contributed by atoms with Crippen molar-refractivity contribution in [3.05, 3.63) is 63.5 Å². The Morgan fingerprint density at radius 3 is 2.78 bits per heavy atom. The van der Waals surface area contributed by atoms with Crippen molar-refractivity contribution in [3.8, 4) is 0 Å². The molecule has 0 radical (unpaired) electrons. The van der Waals surface area contributed by atoms with Crippen LogP contribution in [0.3, 0.4) is 0 Å². The van der Waals surface area contributed by atoms with Gasteiger partial charge in [-0.05, 0) is 59.3 Å². The number of aliphatic carboxylic acids is 1. The van der Waals surface area contributed by atoms with E-state index in [-0.39, 0.29) is 24.6 Å². The summed E-state index contributed by atoms with van der Waals surface area (Å²) in [6, 6.07) is 10.5. The van der Waals surface area contributed by atoms with Gasteiger partial charge in [0.1, 0.15) is 11.7 Å². The molecule has 1 aromatic carbocycles. The molecule has 3 aromatic rings. The topological polar surface area (TPSA) is 136 Å². The van der Waals surface area contributed by atoms with E-state index in [0.29, 0.717) is 10.9 Å². The summed E-state index contributed by atoms with van der Waals surface area (Å²) < 4.78 is 0.579. The monoisotopic (exact) mass is 555 g/mol. The maximum atomic E-state index is 12.7. The number of benzene rings is 1. The zero-order valence-corrected chi connectivity index (χ0v) is 21.5. The summed E-state index contributed by atoms with van der Waals surface area (Å²) in [6.07, 6.45) is 3.79. The number of aromatic amines is 1. The zero-order valence-electron chi connectivity index (χ0n) is 19.9. The number of rotatable bonds is 11. The third-order valence-electron chi connectivity index (χ3n) is 6.30. The molecule has 1 aliphatic heterocycles. The molecule has 1 aliphatic rings. The van der Waals surface area contributed by atoms with E-state index >= 15 is 0 Å². The van der Waals surface area contributed by atoms with Crippen LogP contribution in [0.5, 0.6) is 0 Å². The number of carbonyl (C=O) groups excluding carboxylic acids is 2. The van der Waals surface area contributed by atoms with Crippen molar-refractivity contribution in [1.29, 1.82) is 0 Å². The van der Waals surface area contributed by atoms with Gasteiger partial charge in [-0.1, -0.05) is 24.3 Å². The molecular formula is C26H30BrN5O4. The standard InChI is InChI=1S/C26H30BrN5O4/c27-23-18-6-2-3-7-20(18)31-24(23)25(34)32-21(26(35)36)12-14-29-22(33)8-4-1-5-17-10-9-16-15-28-13-11-19(16)30-17/h2-3,6-7,9-10,21,28,31H,1,4-5,8,11-15H2,(H,29,33)(H,32,34)(H,35,36). The molecule has 2 aromatic heterocycles. The number of hydrogen-bond acceptors (Lipinski definition) is 5. The number of aryl methyl sites for hydroxylation is 1. The summed E-state index contributed by atoms with van der Waals surface area (Å²) in [4.78, 5) is 44.3. The van der Waals surface area contributed by atoms with Crippen LogP contribution in [0.4, 0.5) is 0 Å². The number of halogens is 1. The van der Waals surface area contributed by atoms with Crippen molar-refractivity contribution in [1.82, 2.24) is 25.9 Å². The number of para-hydroxylation sites is 1. The van der Waals surface area contributed by atoms with E-state index in [1.165, 1.54) is 11.3 Å². The Morgan fingerprint density at radius 2 is 1.97 bits per heavy atom. The highest BCUT2D eigenvalue weighted by atomic mass is 79.9. The van der Waals surface area contributed by atoms with E-state index in [2.05, 4.69) is 49.0 Å². The van der Waals surface area contributed by atoms with Crippen molar-refractivity contribution in [2.24, 2.45) is 0 Å². The Balaban J connectivity index is 1.18. The number of nitrogens with one attached hydrogen (secondary N) is 4. The predicted molar refractivity (Wildman–Crippen MR) is 140 cm³/mol. The molecule has 10 heteroatoms. The minimum atomic E-state index is -1.15. The fourth-order valence-corrected chi connectivity index (χ4v) is 4.93. The number of carboxylic acid groups (broad SMARTS) is 1. The highest BCUT2D eigenvalue weighted by molar-refractivity contribution is 9.10. The van der Waals surface area contributed by atoms with Gasteiger partial charge in [-0.25, -0.2) is 4.79 Å². The Bertz CT molecular complexity index is 1260. The van der Waals surface area contributed by atoms with Crippen molar-refractivity contribution < 1.29 is 19.5 Å². The number of pyridine rings is 1. The molecule has 4 rings (SSSR count). The number of fused-ring (bicyclic) bond motifs is 2. The van der Waals surface area contributed by atoms with Gasteiger partial charge in [0.15, 0.2) is 0 Å². The lowest BCUT2D eigenvalue weighted by atomic mass is 10.0. The van der Waals surface area contributed by atoms with E-state index in [9.17, 15) is 19.5 Å². The van der Waals surface area contributed by atoms with Crippen LogP contribution >= 0.6 is 15.9 Å². The molecule has 0 spiro atoms. The van der Waals surface area contributed by atoms with Crippen LogP contribution in [0.2, 0.25) is 0 Å². The number of unbranched alkanes of at least 4 members (excludes halogenated alkanes) is 1. The second-order valence-corrected chi connectivity index (χ2v) is 9.70. The first kappa shape index (κ1) is 25.8. The Kier molecular flexibility index (Phi) is 8.71. The van der Waals surface area contributed by atoms with Gasteiger partial charge in [-0.3, -0.25) is 14.6 Å². The molecule has 36 heavy (non-hydrogen) atoms. The molecule has 2 amide bonds. The Labute approximate surface area is 217 Å². The number of H-pyrrole nitrogens is 1. The summed E-state index contributed by atoms with van der Waals surface area (Å²) in [7, 11) is 0. The largest absolute Gasteiger partial charge is 0.480 e. The molecule has 0 aliphatic carbocycles. The molecule has 3 heterocycles. The van der Waals surface area contributed by atoms with Crippen LogP contribution in [-0.2, 0) is 29.0 Å². The number of nitrogens with zero attached hydrogens (tertiary/aromatic N) is 1. The lowest BCUT2D eigenvalue weighted by Gasteiger charge is -2.16. The number of hydrogen-bond donors (Lipinski definition) is 5. The number of aromatic nitrogens is 2. The maximum Gasteiger partial charge on any atom is 0.326 e. The Hall–Kier alpha value is -3.24. The quantitative estimate of drug-likeness (QED) is 0.231. The molecule has 190 valence electrons. The van der Waals surface area contributed by atoms with E-state index in [0.717, 1.165) is 55.4 Å². The lowest BCUT2D eigenvalue weighted by Crippen LogP contribution is -2.43. The average Bonchev–Trinajstić information content (AvgIpc) is 3.22. The first-order valence-electron chi connectivity index (χ1n) is 12.2. The van der Waals surface area contributed by atoms with Crippen molar-refractivity contribution in [3.63, 3.8) is 0 Å². The normalized spacial score (nSPS) is 13.7. The van der Waals surface area contributed by atoms with Crippen LogP contribution in [-0.4, -0.2) is 52.0 Å². The smallest absolute Gasteiger partial charge is 0.326 e. The van der Waals surface area contributed by atoms with Crippen molar-refractivity contribution in [2.45, 2.75) is 51.1 Å². The van der Waals surface area contributed by atoms with E-state index in [1.54, 1.807) is 0 Å². The van der Waals surface area contributed by atoms with Gasteiger partial charge in [0.2, 0.25) is 5.91 Å². The third-order valence-corrected chi connectivity index (χ3v) is 7.12. The fourth-order valence-electron chi connectivity index (χ4n) is 4.31. The summed E-state index contributed by atoms with van der Waals surface area (Å²) in [5.74, 6) is -1.81. The van der Waals surface area contributed by atoms with Crippen molar-refractivity contribution in [2.75, 3.05) is 13.1 Å². The third kappa shape index (κ3) is 6.50. The summed E-state index contributed by atoms with van der Waals surface area (Å²) in [5.41, 5.74) is 4.51. The first-order chi connectivity index (χ1) is 17.4. The second-order valence-electron chi connectivity index (χ2n) is 8.90. The summed E-state index contributed by atoms with van der Waals surface area (Å²) in [6.45, 7) is 1.98. The Morgan fingerprint density at radius 1 is 1.14 bits per heavy atom. The number of carboxylic acids is 1. The molecule has 9 nitrogen and oxygen atoms in total. The molecule has 0 saturated carbocycles. The van der Waals surface area contributed by atoms with Gasteiger partial charge >= 0.3 is 5.97 Å². The number of carbonyl (C=O) groups is 3. The average molecular weight is 556 g/mol. The van der Waals surface area contributed by atoms with E-state index in [1.807, 2.05) is 24.3 Å². The highest BCUT2D eigenvalue weighted by Crippen LogP contribution is 2.27. The molecule has 0 bridgehead atoms. The van der Waals surface area contributed by atoms with Crippen LogP contribution in [0.25, 0.3) is 10.9 Å². The maximum absolute atomic E-state index is 12.7. The van der Waals surface area contributed by atoms with Crippen LogP contribution < -0.4 is 16.0 Å². The summed E-state index contributed by atoms with van der Waals surface area (Å²) in [5, 5.41) is 19.0. The minimum absolute atomic E-state index is 0.0819. The molecule has 5 N–H and O–H groups in total. The van der Waals surface area contributed by atoms with Crippen LogP contribution in [0.15, 0.2) is 40.9 Å². The first-order valence-corrected chi connectivity index (χ1v) is 13.0. The molecule has 1 unspecified atom stereocenters. The van der Waals surface area contributed by atoms with Gasteiger partial charge < -0.3 is 26.0 Å². The second kappa shape index (κ2) is 12.1. The van der Waals surface area contributed by atoms with Crippen molar-refractivity contribution >= 4 is 44.6 Å². The summed E-state index contributed by atoms with van der Waals surface area (Å²) >= 11 is 3.41. The van der Waals surface area contributed by atoms with Crippen LogP contribution in [0.1, 0.15) is 53.1 Å². The zero-order chi connectivity index (χ0) is 25.5.